The van der Waals surface area contributed by atoms with Crippen LogP contribution in [0.3, 0.4) is 0 Å². The molecule has 1 aromatic carbocycles. The molecule has 4 nitrogen and oxygen atoms in total. The van der Waals surface area contributed by atoms with Crippen LogP contribution in [-0.4, -0.2) is 55.5 Å². The van der Waals surface area contributed by atoms with Gasteiger partial charge in [-0.05, 0) is 12.6 Å². The van der Waals surface area contributed by atoms with E-state index in [9.17, 15) is 4.79 Å². The molecule has 2 rings (SSSR count). The fourth-order valence-electron chi connectivity index (χ4n) is 1.98. The van der Waals surface area contributed by atoms with E-state index in [1.807, 2.05) is 35.2 Å². The maximum Gasteiger partial charge on any atom is 0.248 e. The number of ether oxygens (including phenoxy) is 1. The first-order valence-electron chi connectivity index (χ1n) is 6.33. The maximum absolute atomic E-state index is 11.9. The number of nitrogens with zero attached hydrogens (tertiary/aromatic N) is 2. The van der Waals surface area contributed by atoms with Crippen molar-refractivity contribution < 1.29 is 9.53 Å². The zero-order valence-corrected chi connectivity index (χ0v) is 10.8. The highest BCUT2D eigenvalue weighted by atomic mass is 16.5. The molecule has 0 unspecified atom stereocenters. The minimum atomic E-state index is 0.0963. The van der Waals surface area contributed by atoms with E-state index < -0.39 is 0 Å². The van der Waals surface area contributed by atoms with Crippen LogP contribution in [0.25, 0.3) is 0 Å². The molecule has 0 aliphatic carbocycles. The number of piperazine rings is 1. The highest BCUT2D eigenvalue weighted by Crippen LogP contribution is 2.03. The third kappa shape index (κ3) is 3.82. The first kappa shape index (κ1) is 13.1. The Labute approximate surface area is 108 Å². The monoisotopic (exact) mass is 248 g/mol. The molecule has 1 saturated heterocycles. The van der Waals surface area contributed by atoms with Gasteiger partial charge >= 0.3 is 0 Å². The molecule has 98 valence electrons. The molecule has 1 aliphatic heterocycles. The average molecular weight is 248 g/mol. The third-order valence-corrected chi connectivity index (χ3v) is 3.19. The summed E-state index contributed by atoms with van der Waals surface area (Å²) in [6.45, 7) is 4.20. The van der Waals surface area contributed by atoms with Crippen LogP contribution in [0.4, 0.5) is 0 Å². The van der Waals surface area contributed by atoms with Crippen molar-refractivity contribution in [1.82, 2.24) is 9.80 Å². The minimum absolute atomic E-state index is 0.0963. The van der Waals surface area contributed by atoms with Crippen molar-refractivity contribution in [1.29, 1.82) is 0 Å². The lowest BCUT2D eigenvalue weighted by Crippen LogP contribution is -2.48. The summed E-state index contributed by atoms with van der Waals surface area (Å²) < 4.78 is 5.46. The molecule has 1 aromatic rings. The Hall–Kier alpha value is -1.39. The average Bonchev–Trinajstić information content (AvgIpc) is 2.40. The summed E-state index contributed by atoms with van der Waals surface area (Å²) in [6, 6.07) is 9.92. The summed E-state index contributed by atoms with van der Waals surface area (Å²) in [7, 11) is 2.08. The molecular formula is C14H20N2O2. The van der Waals surface area contributed by atoms with Gasteiger partial charge in [-0.15, -0.1) is 0 Å². The van der Waals surface area contributed by atoms with E-state index in [-0.39, 0.29) is 12.5 Å². The van der Waals surface area contributed by atoms with E-state index in [1.165, 1.54) is 0 Å². The van der Waals surface area contributed by atoms with Crippen LogP contribution < -0.4 is 0 Å². The molecule has 18 heavy (non-hydrogen) atoms. The Morgan fingerprint density at radius 2 is 1.83 bits per heavy atom. The van der Waals surface area contributed by atoms with Crippen LogP contribution in [0.15, 0.2) is 30.3 Å². The highest BCUT2D eigenvalue weighted by Gasteiger charge is 2.18. The summed E-state index contributed by atoms with van der Waals surface area (Å²) in [5.74, 6) is 0.0963. The van der Waals surface area contributed by atoms with E-state index in [4.69, 9.17) is 4.74 Å². The number of carbonyl (C=O) groups is 1. The molecule has 0 atom stereocenters. The van der Waals surface area contributed by atoms with E-state index in [0.29, 0.717) is 6.61 Å². The summed E-state index contributed by atoms with van der Waals surface area (Å²) in [4.78, 5) is 16.0. The van der Waals surface area contributed by atoms with Crippen molar-refractivity contribution in [3.8, 4) is 0 Å². The van der Waals surface area contributed by atoms with Crippen LogP contribution in [0.2, 0.25) is 0 Å². The Morgan fingerprint density at radius 1 is 1.17 bits per heavy atom. The van der Waals surface area contributed by atoms with Crippen molar-refractivity contribution >= 4 is 5.91 Å². The standard InChI is InChI=1S/C14H20N2O2/c1-15-7-9-16(10-8-15)14(17)12-18-11-13-5-3-2-4-6-13/h2-6H,7-12H2,1H3. The van der Waals surface area contributed by atoms with Crippen molar-refractivity contribution in [2.45, 2.75) is 6.61 Å². The Balaban J connectivity index is 1.69. The molecule has 1 fully saturated rings. The first-order chi connectivity index (χ1) is 8.75. The quantitative estimate of drug-likeness (QED) is 0.796. The molecule has 0 saturated carbocycles. The molecule has 0 bridgehead atoms. The number of likely N-dealkylation sites (N-methyl/N-ethyl adjacent to an activating group) is 1. The maximum atomic E-state index is 11.9. The number of carbonyl (C=O) groups excluding carboxylic acids is 1. The number of rotatable bonds is 4. The lowest BCUT2D eigenvalue weighted by molar-refractivity contribution is -0.138. The summed E-state index contributed by atoms with van der Waals surface area (Å²) in [5, 5.41) is 0. The van der Waals surface area contributed by atoms with E-state index in [2.05, 4.69) is 11.9 Å². The lowest BCUT2D eigenvalue weighted by atomic mass is 10.2. The number of hydrogen-bond donors (Lipinski definition) is 0. The fourth-order valence-corrected chi connectivity index (χ4v) is 1.98. The second-order valence-electron chi connectivity index (χ2n) is 4.66. The van der Waals surface area contributed by atoms with Gasteiger partial charge in [-0.1, -0.05) is 30.3 Å². The summed E-state index contributed by atoms with van der Waals surface area (Å²) in [6.07, 6.45) is 0. The fraction of sp³-hybridized carbons (Fsp3) is 0.500. The van der Waals surface area contributed by atoms with E-state index >= 15 is 0 Å². The lowest BCUT2D eigenvalue weighted by Gasteiger charge is -2.32. The molecule has 4 heteroatoms. The van der Waals surface area contributed by atoms with Crippen molar-refractivity contribution in [2.24, 2.45) is 0 Å². The Bertz CT molecular complexity index is 373. The topological polar surface area (TPSA) is 32.8 Å². The number of amides is 1. The van der Waals surface area contributed by atoms with Gasteiger partial charge in [0.05, 0.1) is 6.61 Å². The van der Waals surface area contributed by atoms with Gasteiger partial charge in [-0.25, -0.2) is 0 Å². The van der Waals surface area contributed by atoms with Crippen LogP contribution in [0.1, 0.15) is 5.56 Å². The molecule has 1 amide bonds. The van der Waals surface area contributed by atoms with Gasteiger partial charge in [-0.2, -0.15) is 0 Å². The molecule has 0 radical (unpaired) electrons. The van der Waals surface area contributed by atoms with Crippen LogP contribution in [0, 0.1) is 0 Å². The smallest absolute Gasteiger partial charge is 0.248 e. The van der Waals surface area contributed by atoms with Gasteiger partial charge < -0.3 is 14.5 Å². The zero-order chi connectivity index (χ0) is 12.8. The first-order valence-corrected chi connectivity index (χ1v) is 6.33. The third-order valence-electron chi connectivity index (χ3n) is 3.19. The van der Waals surface area contributed by atoms with Gasteiger partial charge in [0, 0.05) is 26.2 Å². The van der Waals surface area contributed by atoms with Crippen LogP contribution in [0.5, 0.6) is 0 Å². The molecule has 0 N–H and O–H groups in total. The summed E-state index contributed by atoms with van der Waals surface area (Å²) in [5.41, 5.74) is 1.10. The van der Waals surface area contributed by atoms with Crippen LogP contribution in [-0.2, 0) is 16.1 Å². The predicted octanol–water partition coefficient (Wildman–Crippen LogP) is 0.977. The van der Waals surface area contributed by atoms with Crippen molar-refractivity contribution in [3.63, 3.8) is 0 Å². The number of hydrogen-bond acceptors (Lipinski definition) is 3. The Kier molecular flexibility index (Phi) is 4.73. The molecule has 1 aliphatic rings. The van der Waals surface area contributed by atoms with Crippen molar-refractivity contribution in [3.05, 3.63) is 35.9 Å². The van der Waals surface area contributed by atoms with Crippen molar-refractivity contribution in [2.75, 3.05) is 39.8 Å². The van der Waals surface area contributed by atoms with Gasteiger partial charge in [0.1, 0.15) is 6.61 Å². The van der Waals surface area contributed by atoms with E-state index in [0.717, 1.165) is 31.7 Å². The normalized spacial score (nSPS) is 16.8. The van der Waals surface area contributed by atoms with Gasteiger partial charge in [0.25, 0.3) is 0 Å². The number of benzene rings is 1. The highest BCUT2D eigenvalue weighted by molar-refractivity contribution is 5.77. The SMILES string of the molecule is CN1CCN(C(=O)COCc2ccccc2)CC1. The second-order valence-corrected chi connectivity index (χ2v) is 4.66. The Morgan fingerprint density at radius 3 is 2.50 bits per heavy atom. The molecule has 0 spiro atoms. The van der Waals surface area contributed by atoms with Gasteiger partial charge in [0.15, 0.2) is 0 Å². The minimum Gasteiger partial charge on any atom is -0.367 e. The summed E-state index contributed by atoms with van der Waals surface area (Å²) >= 11 is 0. The van der Waals surface area contributed by atoms with E-state index in [1.54, 1.807) is 0 Å². The zero-order valence-electron chi connectivity index (χ0n) is 10.8. The molecule has 0 aromatic heterocycles. The van der Waals surface area contributed by atoms with Gasteiger partial charge in [0.2, 0.25) is 5.91 Å². The largest absolute Gasteiger partial charge is 0.367 e. The molecule has 1 heterocycles. The van der Waals surface area contributed by atoms with Crippen LogP contribution >= 0.6 is 0 Å². The molecular weight excluding hydrogens is 228 g/mol. The predicted molar refractivity (Wildman–Crippen MR) is 70.2 cm³/mol. The van der Waals surface area contributed by atoms with Gasteiger partial charge in [-0.3, -0.25) is 4.79 Å². The second kappa shape index (κ2) is 6.52.